The van der Waals surface area contributed by atoms with E-state index in [0.717, 1.165) is 6.20 Å². The molecule has 6 nitrogen and oxygen atoms in total. The van der Waals surface area contributed by atoms with Crippen LogP contribution in [0.4, 0.5) is 5.69 Å². The molecule has 0 amide bonds. The first-order valence-electron chi connectivity index (χ1n) is 4.51. The minimum Gasteiger partial charge on any atom is -0.292 e. The van der Waals surface area contributed by atoms with Crippen LogP contribution >= 0.6 is 15.9 Å². The van der Waals surface area contributed by atoms with E-state index in [1.807, 2.05) is 6.07 Å². The van der Waals surface area contributed by atoms with E-state index < -0.39 is 4.92 Å². The van der Waals surface area contributed by atoms with Gasteiger partial charge in [0.1, 0.15) is 18.0 Å². The van der Waals surface area contributed by atoms with Crippen molar-refractivity contribution in [3.63, 3.8) is 0 Å². The van der Waals surface area contributed by atoms with Gasteiger partial charge in [-0.15, -0.1) is 0 Å². The van der Waals surface area contributed by atoms with E-state index in [0.29, 0.717) is 16.0 Å². The molecule has 0 bridgehead atoms. The zero-order valence-corrected chi connectivity index (χ0v) is 9.96. The summed E-state index contributed by atoms with van der Waals surface area (Å²) in [4.78, 5) is 14.0. The largest absolute Gasteiger partial charge is 0.292 e. The zero-order valence-electron chi connectivity index (χ0n) is 8.37. The molecule has 0 aliphatic carbocycles. The van der Waals surface area contributed by atoms with Gasteiger partial charge in [0.05, 0.1) is 9.40 Å². The van der Waals surface area contributed by atoms with Crippen molar-refractivity contribution in [2.24, 2.45) is 0 Å². The molecule has 2 heterocycles. The summed E-state index contributed by atoms with van der Waals surface area (Å²) in [6.45, 7) is 0. The highest BCUT2D eigenvalue weighted by atomic mass is 79.9. The van der Waals surface area contributed by atoms with Gasteiger partial charge in [-0.3, -0.25) is 14.7 Å². The third-order valence-electron chi connectivity index (χ3n) is 2.11. The molecule has 0 saturated carbocycles. The lowest BCUT2D eigenvalue weighted by Crippen LogP contribution is -2.01. The third-order valence-corrected chi connectivity index (χ3v) is 2.69. The molecule has 0 atom stereocenters. The highest BCUT2D eigenvalue weighted by molar-refractivity contribution is 9.10. The first-order valence-corrected chi connectivity index (χ1v) is 5.30. The van der Waals surface area contributed by atoms with Crippen LogP contribution in [0, 0.1) is 21.4 Å². The second-order valence-electron chi connectivity index (χ2n) is 3.13. The molecule has 0 unspecified atom stereocenters. The number of aromatic nitrogens is 2. The minimum atomic E-state index is -0.525. The fourth-order valence-corrected chi connectivity index (χ4v) is 1.88. The summed E-state index contributed by atoms with van der Waals surface area (Å²) in [5, 5.41) is 19.4. The van der Waals surface area contributed by atoms with Crippen LogP contribution in [-0.2, 0) is 0 Å². The van der Waals surface area contributed by atoms with Crippen LogP contribution in [0.2, 0.25) is 0 Å². The van der Waals surface area contributed by atoms with Crippen molar-refractivity contribution < 1.29 is 4.92 Å². The Hall–Kier alpha value is -2.20. The number of hydrogen-bond acceptors (Lipinski definition) is 4. The molecule has 2 aromatic heterocycles. The zero-order chi connectivity index (χ0) is 12.4. The lowest BCUT2D eigenvalue weighted by atomic mass is 10.4. The van der Waals surface area contributed by atoms with Gasteiger partial charge in [0.25, 0.3) is 5.69 Å². The Morgan fingerprint density at radius 1 is 1.59 bits per heavy atom. The van der Waals surface area contributed by atoms with Crippen LogP contribution in [0.25, 0.3) is 5.82 Å². The van der Waals surface area contributed by atoms with E-state index in [-0.39, 0.29) is 5.69 Å². The standard InChI is InChI=1S/C10H5BrN4O2/c11-9-4-8(15(16)17)6-13-10(9)14-3-1-2-7(14)5-12/h1-4,6H. The highest BCUT2D eigenvalue weighted by Crippen LogP contribution is 2.24. The minimum absolute atomic E-state index is 0.105. The van der Waals surface area contributed by atoms with E-state index in [2.05, 4.69) is 20.9 Å². The molecule has 17 heavy (non-hydrogen) atoms. The molecule has 0 N–H and O–H groups in total. The SMILES string of the molecule is N#Cc1cccn1-c1ncc([N+](=O)[O-])cc1Br. The van der Waals surface area contributed by atoms with E-state index in [9.17, 15) is 10.1 Å². The fourth-order valence-electron chi connectivity index (χ4n) is 1.35. The maximum atomic E-state index is 10.6. The van der Waals surface area contributed by atoms with Gasteiger partial charge in [-0.2, -0.15) is 5.26 Å². The second kappa shape index (κ2) is 4.35. The van der Waals surface area contributed by atoms with Gasteiger partial charge in [0, 0.05) is 12.3 Å². The summed E-state index contributed by atoms with van der Waals surface area (Å²) >= 11 is 3.20. The van der Waals surface area contributed by atoms with Gasteiger partial charge in [0.2, 0.25) is 0 Å². The summed E-state index contributed by atoms with van der Waals surface area (Å²) in [5.74, 6) is 0.442. The summed E-state index contributed by atoms with van der Waals surface area (Å²) in [6, 6.07) is 6.69. The maximum Gasteiger partial charge on any atom is 0.288 e. The van der Waals surface area contributed by atoms with Crippen LogP contribution in [0.5, 0.6) is 0 Å². The van der Waals surface area contributed by atoms with E-state index in [1.165, 1.54) is 6.07 Å². The Labute approximate surface area is 104 Å². The van der Waals surface area contributed by atoms with Crippen molar-refractivity contribution in [2.45, 2.75) is 0 Å². The van der Waals surface area contributed by atoms with Crippen LogP contribution < -0.4 is 0 Å². The number of nitriles is 1. The first kappa shape index (κ1) is 11.3. The molecule has 0 saturated heterocycles. The van der Waals surface area contributed by atoms with Crippen LogP contribution in [0.15, 0.2) is 35.1 Å². The van der Waals surface area contributed by atoms with Crippen LogP contribution in [0.3, 0.4) is 0 Å². The number of pyridine rings is 1. The van der Waals surface area contributed by atoms with Gasteiger partial charge in [-0.05, 0) is 28.1 Å². The molecule has 0 fully saturated rings. The smallest absolute Gasteiger partial charge is 0.288 e. The van der Waals surface area contributed by atoms with Gasteiger partial charge >= 0.3 is 0 Å². The Bertz CT molecular complexity index is 629. The Balaban J connectivity index is 2.55. The first-order chi connectivity index (χ1) is 8.13. The molecule has 0 aliphatic rings. The third kappa shape index (κ3) is 2.03. The van der Waals surface area contributed by atoms with Crippen molar-refractivity contribution in [1.29, 1.82) is 5.26 Å². The average molecular weight is 293 g/mol. The van der Waals surface area contributed by atoms with Crippen molar-refractivity contribution in [3.8, 4) is 11.9 Å². The summed E-state index contributed by atoms with van der Waals surface area (Å²) in [6.07, 6.45) is 2.82. The Kier molecular flexibility index (Phi) is 2.89. The van der Waals surface area contributed by atoms with E-state index >= 15 is 0 Å². The average Bonchev–Trinajstić information content (AvgIpc) is 2.76. The van der Waals surface area contributed by atoms with Crippen molar-refractivity contribution in [1.82, 2.24) is 9.55 Å². The van der Waals surface area contributed by atoms with E-state index in [1.54, 1.807) is 22.9 Å². The van der Waals surface area contributed by atoms with Gasteiger partial charge in [-0.25, -0.2) is 4.98 Å². The molecule has 0 spiro atoms. The topological polar surface area (TPSA) is 84.8 Å². The highest BCUT2D eigenvalue weighted by Gasteiger charge is 2.13. The molecule has 2 rings (SSSR count). The lowest BCUT2D eigenvalue weighted by Gasteiger charge is -2.05. The normalized spacial score (nSPS) is 9.88. The molecule has 7 heteroatoms. The number of hydrogen-bond donors (Lipinski definition) is 0. The number of nitro groups is 1. The predicted octanol–water partition coefficient (Wildman–Crippen LogP) is 2.41. The van der Waals surface area contributed by atoms with Crippen molar-refractivity contribution in [2.75, 3.05) is 0 Å². The number of halogens is 1. The Morgan fingerprint density at radius 3 is 2.94 bits per heavy atom. The molecule has 2 aromatic rings. The monoisotopic (exact) mass is 292 g/mol. The van der Waals surface area contributed by atoms with Crippen LogP contribution in [0.1, 0.15) is 5.69 Å². The second-order valence-corrected chi connectivity index (χ2v) is 3.99. The fraction of sp³-hybridized carbons (Fsp3) is 0. The van der Waals surface area contributed by atoms with Gasteiger partial charge in [-0.1, -0.05) is 0 Å². The maximum absolute atomic E-state index is 10.6. The molecule has 0 radical (unpaired) electrons. The molecule has 0 aromatic carbocycles. The van der Waals surface area contributed by atoms with E-state index in [4.69, 9.17) is 5.26 Å². The summed E-state index contributed by atoms with van der Waals surface area (Å²) in [5.41, 5.74) is 0.304. The summed E-state index contributed by atoms with van der Waals surface area (Å²) in [7, 11) is 0. The number of nitrogens with zero attached hydrogens (tertiary/aromatic N) is 4. The molecule has 84 valence electrons. The van der Waals surface area contributed by atoms with Crippen molar-refractivity contribution in [3.05, 3.63) is 50.9 Å². The molecular formula is C10H5BrN4O2. The summed E-state index contributed by atoms with van der Waals surface area (Å²) < 4.78 is 2.01. The lowest BCUT2D eigenvalue weighted by molar-refractivity contribution is -0.385. The molecular weight excluding hydrogens is 288 g/mol. The quantitative estimate of drug-likeness (QED) is 0.628. The predicted molar refractivity (Wildman–Crippen MR) is 62.6 cm³/mol. The van der Waals surface area contributed by atoms with Crippen molar-refractivity contribution >= 4 is 21.6 Å². The molecule has 0 aliphatic heterocycles. The number of rotatable bonds is 2. The van der Waals surface area contributed by atoms with Gasteiger partial charge < -0.3 is 0 Å². The van der Waals surface area contributed by atoms with Gasteiger partial charge in [0.15, 0.2) is 5.82 Å². The van der Waals surface area contributed by atoms with Crippen LogP contribution in [-0.4, -0.2) is 14.5 Å². The Morgan fingerprint density at radius 2 is 2.35 bits per heavy atom.